The van der Waals surface area contributed by atoms with Crippen molar-refractivity contribution in [3.05, 3.63) is 64.1 Å². The highest BCUT2D eigenvalue weighted by Crippen LogP contribution is 2.11. The second-order valence-electron chi connectivity index (χ2n) is 4.36. The van der Waals surface area contributed by atoms with Crippen LogP contribution in [0.15, 0.2) is 47.4 Å². The van der Waals surface area contributed by atoms with Crippen LogP contribution in [0.25, 0.3) is 0 Å². The van der Waals surface area contributed by atoms with Crippen LogP contribution < -0.4 is 15.6 Å². The summed E-state index contributed by atoms with van der Waals surface area (Å²) in [6.45, 7) is 2.77. The molecule has 0 fully saturated rings. The molecule has 1 aromatic carbocycles. The number of aromatic amines is 1. The van der Waals surface area contributed by atoms with Crippen molar-refractivity contribution in [3.8, 4) is 5.75 Å². The van der Waals surface area contributed by atoms with E-state index in [2.05, 4.69) is 10.3 Å². The molecule has 1 aromatic heterocycles. The quantitative estimate of drug-likeness (QED) is 0.810. The molecule has 1 heterocycles. The molecule has 0 saturated heterocycles. The summed E-state index contributed by atoms with van der Waals surface area (Å²) in [4.78, 5) is 25.1. The van der Waals surface area contributed by atoms with Gasteiger partial charge < -0.3 is 15.0 Å². The number of nitrogens with one attached hydrogen (secondary N) is 2. The summed E-state index contributed by atoms with van der Waals surface area (Å²) in [5.74, 6) is 0.539. The van der Waals surface area contributed by atoms with Crippen LogP contribution in [-0.4, -0.2) is 24.0 Å². The monoisotopic (exact) mass is 272 g/mol. The number of aryl methyl sites for hydroxylation is 1. The molecule has 0 aliphatic heterocycles. The van der Waals surface area contributed by atoms with E-state index in [9.17, 15) is 9.59 Å². The Morgan fingerprint density at radius 2 is 2.15 bits per heavy atom. The first-order valence-electron chi connectivity index (χ1n) is 6.31. The summed E-state index contributed by atoms with van der Waals surface area (Å²) in [7, 11) is 0. The Kier molecular flexibility index (Phi) is 4.55. The molecule has 5 heteroatoms. The van der Waals surface area contributed by atoms with E-state index < -0.39 is 0 Å². The number of H-pyrrole nitrogens is 1. The molecule has 0 saturated carbocycles. The predicted octanol–water partition coefficient (Wildman–Crippen LogP) is 1.49. The van der Waals surface area contributed by atoms with Crippen LogP contribution in [-0.2, 0) is 0 Å². The first-order valence-corrected chi connectivity index (χ1v) is 6.31. The molecule has 20 heavy (non-hydrogen) atoms. The van der Waals surface area contributed by atoms with Crippen LogP contribution in [0.1, 0.15) is 15.9 Å². The maximum atomic E-state index is 11.7. The zero-order valence-electron chi connectivity index (χ0n) is 11.2. The molecule has 0 aliphatic rings. The zero-order valence-corrected chi connectivity index (χ0v) is 11.2. The van der Waals surface area contributed by atoms with E-state index in [-0.39, 0.29) is 11.5 Å². The van der Waals surface area contributed by atoms with Crippen LogP contribution >= 0.6 is 0 Å². The summed E-state index contributed by atoms with van der Waals surface area (Å²) in [5, 5.41) is 2.72. The Morgan fingerprint density at radius 1 is 1.30 bits per heavy atom. The third-order valence-corrected chi connectivity index (χ3v) is 2.69. The molecule has 2 aromatic rings. The second-order valence-corrected chi connectivity index (χ2v) is 4.36. The van der Waals surface area contributed by atoms with Crippen LogP contribution in [0.5, 0.6) is 5.75 Å². The van der Waals surface area contributed by atoms with Crippen molar-refractivity contribution in [2.75, 3.05) is 13.2 Å². The number of amides is 1. The number of benzene rings is 1. The van der Waals surface area contributed by atoms with Gasteiger partial charge in [0.1, 0.15) is 12.4 Å². The van der Waals surface area contributed by atoms with E-state index in [1.54, 1.807) is 0 Å². The SMILES string of the molecule is Cc1cccc(OCCNC(=O)c2ccc(=O)[nH]c2)c1. The maximum absolute atomic E-state index is 11.7. The minimum Gasteiger partial charge on any atom is -0.492 e. The van der Waals surface area contributed by atoms with Gasteiger partial charge in [-0.2, -0.15) is 0 Å². The smallest absolute Gasteiger partial charge is 0.252 e. The van der Waals surface area contributed by atoms with Gasteiger partial charge in [-0.1, -0.05) is 12.1 Å². The van der Waals surface area contributed by atoms with Crippen molar-refractivity contribution in [2.24, 2.45) is 0 Å². The van der Waals surface area contributed by atoms with E-state index in [0.717, 1.165) is 11.3 Å². The lowest BCUT2D eigenvalue weighted by atomic mass is 10.2. The Labute approximate surface area is 116 Å². The number of hydrogen-bond acceptors (Lipinski definition) is 3. The van der Waals surface area contributed by atoms with Gasteiger partial charge in [0, 0.05) is 12.3 Å². The number of carbonyl (C=O) groups excluding carboxylic acids is 1. The van der Waals surface area contributed by atoms with Gasteiger partial charge in [-0.3, -0.25) is 9.59 Å². The van der Waals surface area contributed by atoms with Crippen molar-refractivity contribution in [1.29, 1.82) is 0 Å². The molecule has 104 valence electrons. The fourth-order valence-electron chi connectivity index (χ4n) is 1.69. The summed E-state index contributed by atoms with van der Waals surface area (Å²) >= 11 is 0. The Morgan fingerprint density at radius 3 is 2.85 bits per heavy atom. The molecule has 1 amide bonds. The molecule has 0 radical (unpaired) electrons. The number of hydrogen-bond donors (Lipinski definition) is 2. The van der Waals surface area contributed by atoms with Gasteiger partial charge in [-0.15, -0.1) is 0 Å². The highest BCUT2D eigenvalue weighted by atomic mass is 16.5. The average molecular weight is 272 g/mol. The van der Waals surface area contributed by atoms with Gasteiger partial charge in [-0.05, 0) is 30.7 Å². The Hall–Kier alpha value is -2.56. The molecular weight excluding hydrogens is 256 g/mol. The van der Waals surface area contributed by atoms with Gasteiger partial charge in [0.2, 0.25) is 5.56 Å². The number of carbonyl (C=O) groups is 1. The molecule has 0 unspecified atom stereocenters. The normalized spacial score (nSPS) is 10.1. The number of ether oxygens (including phenoxy) is 1. The van der Waals surface area contributed by atoms with Crippen molar-refractivity contribution < 1.29 is 9.53 Å². The van der Waals surface area contributed by atoms with E-state index in [0.29, 0.717) is 18.7 Å². The van der Waals surface area contributed by atoms with Crippen LogP contribution in [0.4, 0.5) is 0 Å². The van der Waals surface area contributed by atoms with Crippen LogP contribution in [0.3, 0.4) is 0 Å². The summed E-state index contributed by atoms with van der Waals surface area (Å²) < 4.78 is 5.52. The van der Waals surface area contributed by atoms with Gasteiger partial charge in [0.25, 0.3) is 5.91 Å². The molecular formula is C15H16N2O3. The van der Waals surface area contributed by atoms with Crippen LogP contribution in [0.2, 0.25) is 0 Å². The molecule has 5 nitrogen and oxygen atoms in total. The molecule has 0 bridgehead atoms. The van der Waals surface area contributed by atoms with Crippen molar-refractivity contribution in [3.63, 3.8) is 0 Å². The molecule has 0 spiro atoms. The third kappa shape index (κ3) is 3.98. The lowest BCUT2D eigenvalue weighted by Gasteiger charge is -2.08. The number of pyridine rings is 1. The van der Waals surface area contributed by atoms with Gasteiger partial charge >= 0.3 is 0 Å². The third-order valence-electron chi connectivity index (χ3n) is 2.69. The Bertz CT molecular complexity index is 629. The fraction of sp³-hybridized carbons (Fsp3) is 0.200. The van der Waals surface area contributed by atoms with E-state index in [1.165, 1.54) is 18.3 Å². The van der Waals surface area contributed by atoms with E-state index in [1.807, 2.05) is 31.2 Å². The maximum Gasteiger partial charge on any atom is 0.252 e. The largest absolute Gasteiger partial charge is 0.492 e. The van der Waals surface area contributed by atoms with Gasteiger partial charge in [0.15, 0.2) is 0 Å². The minimum absolute atomic E-state index is 0.232. The molecule has 2 rings (SSSR count). The van der Waals surface area contributed by atoms with Crippen molar-refractivity contribution in [2.45, 2.75) is 6.92 Å². The van der Waals surface area contributed by atoms with Crippen molar-refractivity contribution in [1.82, 2.24) is 10.3 Å². The fourth-order valence-corrected chi connectivity index (χ4v) is 1.69. The predicted molar refractivity (Wildman–Crippen MR) is 76.1 cm³/mol. The lowest BCUT2D eigenvalue weighted by Crippen LogP contribution is -2.28. The van der Waals surface area contributed by atoms with E-state index >= 15 is 0 Å². The minimum atomic E-state index is -0.242. The first-order chi connectivity index (χ1) is 9.65. The van der Waals surface area contributed by atoms with E-state index in [4.69, 9.17) is 4.74 Å². The Balaban J connectivity index is 1.77. The van der Waals surface area contributed by atoms with Gasteiger partial charge in [0.05, 0.1) is 12.1 Å². The molecule has 0 aliphatic carbocycles. The lowest BCUT2D eigenvalue weighted by molar-refractivity contribution is 0.0946. The number of aromatic nitrogens is 1. The molecule has 0 atom stereocenters. The second kappa shape index (κ2) is 6.56. The highest BCUT2D eigenvalue weighted by molar-refractivity contribution is 5.93. The molecule has 2 N–H and O–H groups in total. The summed E-state index contributed by atoms with van der Waals surface area (Å²) in [6, 6.07) is 10.5. The standard InChI is InChI=1S/C15H16N2O3/c1-11-3-2-4-13(9-11)20-8-7-16-15(19)12-5-6-14(18)17-10-12/h2-6,9-10H,7-8H2,1H3,(H,16,19)(H,17,18). The zero-order chi connectivity index (χ0) is 14.4. The summed E-state index contributed by atoms with van der Waals surface area (Å²) in [5.41, 5.74) is 1.31. The first kappa shape index (κ1) is 13.9. The number of rotatable bonds is 5. The van der Waals surface area contributed by atoms with Crippen LogP contribution in [0, 0.1) is 6.92 Å². The van der Waals surface area contributed by atoms with Crippen molar-refractivity contribution >= 4 is 5.91 Å². The van der Waals surface area contributed by atoms with Gasteiger partial charge in [-0.25, -0.2) is 0 Å². The topological polar surface area (TPSA) is 71.2 Å². The summed E-state index contributed by atoms with van der Waals surface area (Å²) in [6.07, 6.45) is 1.39. The highest BCUT2D eigenvalue weighted by Gasteiger charge is 2.04. The average Bonchev–Trinajstić information content (AvgIpc) is 2.44.